The molecule has 1 rings (SSSR count). The van der Waals surface area contributed by atoms with E-state index in [-0.39, 0.29) is 23.8 Å². The molecular formula is C17H25FO3. The zero-order valence-electron chi connectivity index (χ0n) is 13.3. The van der Waals surface area contributed by atoms with E-state index in [1.807, 2.05) is 13.8 Å². The van der Waals surface area contributed by atoms with Gasteiger partial charge in [0.25, 0.3) is 0 Å². The Kier molecular flexibility index (Phi) is 7.20. The summed E-state index contributed by atoms with van der Waals surface area (Å²) in [5.74, 6) is 0.797. The third-order valence-electron chi connectivity index (χ3n) is 3.31. The van der Waals surface area contributed by atoms with Gasteiger partial charge in [0.05, 0.1) is 12.7 Å². The second kappa shape index (κ2) is 8.65. The molecule has 0 radical (unpaired) electrons. The summed E-state index contributed by atoms with van der Waals surface area (Å²) in [5, 5.41) is 0. The van der Waals surface area contributed by atoms with Crippen LogP contribution in [-0.4, -0.2) is 18.7 Å². The maximum Gasteiger partial charge on any atom is 0.306 e. The van der Waals surface area contributed by atoms with Gasteiger partial charge in [0.15, 0.2) is 0 Å². The molecule has 0 bridgehead atoms. The number of esters is 1. The van der Waals surface area contributed by atoms with Gasteiger partial charge in [-0.2, -0.15) is 0 Å². The average molecular weight is 296 g/mol. The van der Waals surface area contributed by atoms with Crippen molar-refractivity contribution >= 4 is 5.97 Å². The van der Waals surface area contributed by atoms with Crippen molar-refractivity contribution in [3.05, 3.63) is 30.1 Å². The summed E-state index contributed by atoms with van der Waals surface area (Å²) < 4.78 is 23.6. The number of carbonyl (C=O) groups is 1. The fourth-order valence-electron chi connectivity index (χ4n) is 2.06. The molecule has 0 N–H and O–H groups in total. The van der Waals surface area contributed by atoms with E-state index in [0.717, 1.165) is 6.42 Å². The first-order valence-corrected chi connectivity index (χ1v) is 7.46. The van der Waals surface area contributed by atoms with E-state index in [1.54, 1.807) is 12.1 Å². The number of hydrogen-bond acceptors (Lipinski definition) is 3. The first-order chi connectivity index (χ1) is 9.88. The number of halogens is 1. The summed E-state index contributed by atoms with van der Waals surface area (Å²) >= 11 is 0. The van der Waals surface area contributed by atoms with E-state index in [2.05, 4.69) is 13.8 Å². The summed E-state index contributed by atoms with van der Waals surface area (Å²) in [4.78, 5) is 11.7. The lowest BCUT2D eigenvalue weighted by molar-refractivity contribution is -0.149. The molecule has 0 fully saturated rings. The third-order valence-corrected chi connectivity index (χ3v) is 3.31. The number of carbonyl (C=O) groups excluding carboxylic acids is 1. The van der Waals surface area contributed by atoms with Gasteiger partial charge in [0.1, 0.15) is 11.6 Å². The van der Waals surface area contributed by atoms with Crippen molar-refractivity contribution in [3.63, 3.8) is 0 Å². The molecular weight excluding hydrogens is 271 g/mol. The third kappa shape index (κ3) is 7.11. The minimum atomic E-state index is -0.279. The van der Waals surface area contributed by atoms with Crippen molar-refractivity contribution in [1.29, 1.82) is 0 Å². The minimum absolute atomic E-state index is 0.0826. The minimum Gasteiger partial charge on any atom is -0.494 e. The monoisotopic (exact) mass is 296 g/mol. The van der Waals surface area contributed by atoms with Crippen LogP contribution in [-0.2, 0) is 9.53 Å². The Hall–Kier alpha value is -1.58. The van der Waals surface area contributed by atoms with Gasteiger partial charge in [-0.05, 0) is 56.4 Å². The number of rotatable bonds is 8. The van der Waals surface area contributed by atoms with Crippen molar-refractivity contribution in [3.8, 4) is 5.75 Å². The van der Waals surface area contributed by atoms with Gasteiger partial charge < -0.3 is 9.47 Å². The topological polar surface area (TPSA) is 35.5 Å². The normalized spacial score (nSPS) is 12.5. The quantitative estimate of drug-likeness (QED) is 0.674. The zero-order valence-corrected chi connectivity index (χ0v) is 13.3. The van der Waals surface area contributed by atoms with Crippen LogP contribution in [0.2, 0.25) is 0 Å². The molecule has 1 unspecified atom stereocenters. The number of benzene rings is 1. The summed E-state index contributed by atoms with van der Waals surface area (Å²) in [7, 11) is 0. The van der Waals surface area contributed by atoms with Crippen molar-refractivity contribution in [2.75, 3.05) is 6.61 Å². The Morgan fingerprint density at radius 2 is 1.76 bits per heavy atom. The van der Waals surface area contributed by atoms with Crippen LogP contribution < -0.4 is 4.74 Å². The molecule has 118 valence electrons. The van der Waals surface area contributed by atoms with E-state index < -0.39 is 0 Å². The summed E-state index contributed by atoms with van der Waals surface area (Å²) in [5.41, 5.74) is 0. The predicted octanol–water partition coefficient (Wildman–Crippen LogP) is 4.21. The van der Waals surface area contributed by atoms with E-state index >= 15 is 0 Å². The van der Waals surface area contributed by atoms with E-state index in [0.29, 0.717) is 24.7 Å². The molecule has 0 heterocycles. The Bertz CT molecular complexity index is 426. The van der Waals surface area contributed by atoms with Crippen molar-refractivity contribution in [2.45, 2.75) is 46.6 Å². The smallest absolute Gasteiger partial charge is 0.306 e. The predicted molar refractivity (Wildman–Crippen MR) is 80.7 cm³/mol. The molecule has 0 aliphatic heterocycles. The molecule has 0 aliphatic rings. The van der Waals surface area contributed by atoms with Crippen LogP contribution in [0.3, 0.4) is 0 Å². The lowest BCUT2D eigenvalue weighted by Gasteiger charge is -2.20. The highest BCUT2D eigenvalue weighted by molar-refractivity contribution is 5.69. The van der Waals surface area contributed by atoms with Gasteiger partial charge in [0.2, 0.25) is 0 Å². The molecule has 0 aliphatic carbocycles. The fourth-order valence-corrected chi connectivity index (χ4v) is 2.06. The van der Waals surface area contributed by atoms with Gasteiger partial charge in [-0.15, -0.1) is 0 Å². The highest BCUT2D eigenvalue weighted by Gasteiger charge is 2.19. The highest BCUT2D eigenvalue weighted by Crippen LogP contribution is 2.21. The van der Waals surface area contributed by atoms with Crippen LogP contribution >= 0.6 is 0 Å². The molecule has 0 spiro atoms. The maximum absolute atomic E-state index is 12.8. The first-order valence-electron chi connectivity index (χ1n) is 7.46. The van der Waals surface area contributed by atoms with Gasteiger partial charge in [-0.1, -0.05) is 13.8 Å². The number of hydrogen-bond donors (Lipinski definition) is 0. The van der Waals surface area contributed by atoms with Gasteiger partial charge in [-0.25, -0.2) is 4.39 Å². The summed E-state index contributed by atoms with van der Waals surface area (Å²) in [6, 6.07) is 5.95. The molecule has 0 saturated heterocycles. The molecule has 21 heavy (non-hydrogen) atoms. The van der Waals surface area contributed by atoms with Gasteiger partial charge >= 0.3 is 5.97 Å². The fraction of sp³-hybridized carbons (Fsp3) is 0.588. The first kappa shape index (κ1) is 17.5. The zero-order chi connectivity index (χ0) is 15.8. The van der Waals surface area contributed by atoms with Crippen molar-refractivity contribution in [2.24, 2.45) is 11.8 Å². The van der Waals surface area contributed by atoms with Crippen LogP contribution in [0, 0.1) is 17.7 Å². The van der Waals surface area contributed by atoms with Crippen LogP contribution in [0.5, 0.6) is 5.75 Å². The van der Waals surface area contributed by atoms with Gasteiger partial charge in [0, 0.05) is 6.42 Å². The molecule has 1 atom stereocenters. The lowest BCUT2D eigenvalue weighted by Crippen LogP contribution is -2.20. The summed E-state index contributed by atoms with van der Waals surface area (Å²) in [6.07, 6.45) is 1.09. The molecule has 4 heteroatoms. The highest BCUT2D eigenvalue weighted by atomic mass is 19.1. The lowest BCUT2D eigenvalue weighted by atomic mass is 9.90. The maximum atomic E-state index is 12.8. The van der Waals surface area contributed by atoms with Crippen molar-refractivity contribution < 1.29 is 18.7 Å². The Morgan fingerprint density at radius 1 is 1.14 bits per heavy atom. The van der Waals surface area contributed by atoms with Crippen molar-refractivity contribution in [1.82, 2.24) is 0 Å². The molecule has 3 nitrogen and oxygen atoms in total. The van der Waals surface area contributed by atoms with E-state index in [9.17, 15) is 9.18 Å². The Morgan fingerprint density at radius 3 is 2.29 bits per heavy atom. The largest absolute Gasteiger partial charge is 0.494 e. The summed E-state index contributed by atoms with van der Waals surface area (Å²) in [6.45, 7) is 8.37. The Balaban J connectivity index is 2.40. The standard InChI is InChI=1S/C17H25FO3/c1-12(2)14(11-17(19)21-13(3)4)9-10-20-16-7-5-15(18)6-8-16/h5-8,12-14H,9-11H2,1-4H3. The second-order valence-corrected chi connectivity index (χ2v) is 5.84. The van der Waals surface area contributed by atoms with Crippen LogP contribution in [0.15, 0.2) is 24.3 Å². The average Bonchev–Trinajstić information content (AvgIpc) is 2.38. The number of ether oxygens (including phenoxy) is 2. The molecule has 0 amide bonds. The second-order valence-electron chi connectivity index (χ2n) is 5.84. The Labute approximate surface area is 126 Å². The SMILES string of the molecule is CC(C)OC(=O)CC(CCOc1ccc(F)cc1)C(C)C. The molecule has 1 aromatic rings. The van der Waals surface area contributed by atoms with Crippen LogP contribution in [0.25, 0.3) is 0 Å². The van der Waals surface area contributed by atoms with Crippen LogP contribution in [0.4, 0.5) is 4.39 Å². The van der Waals surface area contributed by atoms with E-state index in [1.165, 1.54) is 12.1 Å². The van der Waals surface area contributed by atoms with Gasteiger partial charge in [-0.3, -0.25) is 4.79 Å². The molecule has 1 aromatic carbocycles. The molecule has 0 saturated carbocycles. The molecule has 0 aromatic heterocycles. The van der Waals surface area contributed by atoms with E-state index in [4.69, 9.17) is 9.47 Å². The van der Waals surface area contributed by atoms with Crippen LogP contribution in [0.1, 0.15) is 40.5 Å².